The lowest BCUT2D eigenvalue weighted by Gasteiger charge is -2.23. The van der Waals surface area contributed by atoms with Crippen LogP contribution in [-0.2, 0) is 16.6 Å². The van der Waals surface area contributed by atoms with Crippen LogP contribution < -0.4 is 9.46 Å². The second-order valence-electron chi connectivity index (χ2n) is 8.44. The van der Waals surface area contributed by atoms with E-state index in [9.17, 15) is 13.2 Å². The molecule has 0 saturated heterocycles. The Morgan fingerprint density at radius 1 is 0.970 bits per heavy atom. The first-order chi connectivity index (χ1) is 15.8. The molecule has 0 unspecified atom stereocenters. The molecule has 6 nitrogen and oxygen atoms in total. The fourth-order valence-electron chi connectivity index (χ4n) is 3.62. The third-order valence-electron chi connectivity index (χ3n) is 5.93. The van der Waals surface area contributed by atoms with Gasteiger partial charge in [0.1, 0.15) is 5.75 Å². The summed E-state index contributed by atoms with van der Waals surface area (Å²) < 4.78 is 33.3. The Morgan fingerprint density at radius 3 is 2.21 bits per heavy atom. The second-order valence-corrected chi connectivity index (χ2v) is 10.1. The largest absolute Gasteiger partial charge is 0.497 e. The van der Waals surface area contributed by atoms with Gasteiger partial charge in [0.2, 0.25) is 0 Å². The van der Waals surface area contributed by atoms with E-state index in [0.717, 1.165) is 35.3 Å². The highest BCUT2D eigenvalue weighted by molar-refractivity contribution is 7.92. The van der Waals surface area contributed by atoms with Crippen LogP contribution >= 0.6 is 0 Å². The van der Waals surface area contributed by atoms with E-state index in [0.29, 0.717) is 17.8 Å². The molecule has 1 aliphatic rings. The third-order valence-corrected chi connectivity index (χ3v) is 7.31. The molecule has 0 heterocycles. The number of amides is 1. The standard InChI is InChI=1S/C26H28N2O4S/c1-18-4-15-25(16-19(18)2)33(30,31)27-22-9-7-21(8-10-22)26(29)28(23-11-12-23)17-20-5-13-24(32-3)14-6-20/h4-10,13-16,23,27H,11-12,17H2,1-3H3. The van der Waals surface area contributed by atoms with Crippen molar-refractivity contribution in [3.8, 4) is 5.75 Å². The summed E-state index contributed by atoms with van der Waals surface area (Å²) in [5, 5.41) is 0. The van der Waals surface area contributed by atoms with Crippen molar-refractivity contribution in [2.45, 2.75) is 44.2 Å². The molecule has 1 N–H and O–H groups in total. The van der Waals surface area contributed by atoms with Gasteiger partial charge in [0.15, 0.2) is 0 Å². The number of sulfonamides is 1. The Balaban J connectivity index is 1.47. The Hall–Kier alpha value is -3.32. The van der Waals surface area contributed by atoms with Crippen LogP contribution in [0.25, 0.3) is 0 Å². The number of aryl methyl sites for hydroxylation is 2. The molecule has 0 spiro atoms. The molecular formula is C26H28N2O4S. The molecule has 0 bridgehead atoms. The molecule has 1 saturated carbocycles. The molecule has 4 rings (SSSR count). The van der Waals surface area contributed by atoms with Gasteiger partial charge in [0.05, 0.1) is 12.0 Å². The maximum atomic E-state index is 13.2. The van der Waals surface area contributed by atoms with E-state index < -0.39 is 10.0 Å². The normalized spacial score (nSPS) is 13.4. The zero-order valence-electron chi connectivity index (χ0n) is 19.0. The molecule has 0 aliphatic heterocycles. The Kier molecular flexibility index (Phi) is 6.42. The number of carbonyl (C=O) groups is 1. The average Bonchev–Trinajstić information content (AvgIpc) is 3.65. The zero-order valence-corrected chi connectivity index (χ0v) is 19.9. The van der Waals surface area contributed by atoms with Crippen molar-refractivity contribution >= 4 is 21.6 Å². The average molecular weight is 465 g/mol. The van der Waals surface area contributed by atoms with Crippen molar-refractivity contribution in [2.75, 3.05) is 11.8 Å². The van der Waals surface area contributed by atoms with Crippen LogP contribution in [0.5, 0.6) is 5.75 Å². The van der Waals surface area contributed by atoms with Gasteiger partial charge in [-0.2, -0.15) is 0 Å². The Labute approximate surface area is 195 Å². The van der Waals surface area contributed by atoms with Crippen LogP contribution in [0.4, 0.5) is 5.69 Å². The second kappa shape index (κ2) is 9.27. The van der Waals surface area contributed by atoms with Gasteiger partial charge in [-0.25, -0.2) is 8.42 Å². The molecule has 1 aliphatic carbocycles. The fraction of sp³-hybridized carbons (Fsp3) is 0.269. The molecular weight excluding hydrogens is 436 g/mol. The van der Waals surface area contributed by atoms with E-state index in [1.807, 2.05) is 43.0 Å². The first-order valence-electron chi connectivity index (χ1n) is 10.9. The van der Waals surface area contributed by atoms with Crippen LogP contribution in [0.1, 0.15) is 39.9 Å². The first-order valence-corrected chi connectivity index (χ1v) is 12.4. The number of anilines is 1. The van der Waals surface area contributed by atoms with Gasteiger partial charge in [-0.05, 0) is 91.9 Å². The van der Waals surface area contributed by atoms with Gasteiger partial charge >= 0.3 is 0 Å². The summed E-state index contributed by atoms with van der Waals surface area (Å²) in [7, 11) is -2.08. The fourth-order valence-corrected chi connectivity index (χ4v) is 4.77. The number of nitrogens with one attached hydrogen (secondary N) is 1. The summed E-state index contributed by atoms with van der Waals surface area (Å²) >= 11 is 0. The number of nitrogens with zero attached hydrogens (tertiary/aromatic N) is 1. The minimum atomic E-state index is -3.71. The van der Waals surface area contributed by atoms with Crippen LogP contribution in [0.2, 0.25) is 0 Å². The summed E-state index contributed by atoms with van der Waals surface area (Å²) in [5.74, 6) is 0.721. The Morgan fingerprint density at radius 2 is 1.64 bits per heavy atom. The topological polar surface area (TPSA) is 75.7 Å². The quantitative estimate of drug-likeness (QED) is 0.514. The number of rotatable bonds is 8. The molecule has 1 fully saturated rings. The number of methoxy groups -OCH3 is 1. The van der Waals surface area contributed by atoms with Crippen molar-refractivity contribution < 1.29 is 17.9 Å². The Bertz CT molecular complexity index is 1250. The number of hydrogen-bond acceptors (Lipinski definition) is 4. The summed E-state index contributed by atoms with van der Waals surface area (Å²) in [6, 6.07) is 19.6. The zero-order chi connectivity index (χ0) is 23.6. The van der Waals surface area contributed by atoms with E-state index in [2.05, 4.69) is 4.72 Å². The number of carbonyl (C=O) groups excluding carboxylic acids is 1. The van der Waals surface area contributed by atoms with Gasteiger partial charge in [0.25, 0.3) is 15.9 Å². The van der Waals surface area contributed by atoms with Crippen LogP contribution in [0, 0.1) is 13.8 Å². The minimum Gasteiger partial charge on any atom is -0.497 e. The lowest BCUT2D eigenvalue weighted by molar-refractivity contribution is 0.0730. The molecule has 0 aromatic heterocycles. The van der Waals surface area contributed by atoms with Crippen molar-refractivity contribution in [3.63, 3.8) is 0 Å². The van der Waals surface area contributed by atoms with Crippen LogP contribution in [0.15, 0.2) is 71.6 Å². The highest BCUT2D eigenvalue weighted by Gasteiger charge is 2.33. The molecule has 172 valence electrons. The van der Waals surface area contributed by atoms with Crippen molar-refractivity contribution in [3.05, 3.63) is 89.0 Å². The summed E-state index contributed by atoms with van der Waals surface area (Å²) in [4.78, 5) is 15.3. The highest BCUT2D eigenvalue weighted by Crippen LogP contribution is 2.30. The predicted octanol–water partition coefficient (Wildman–Crippen LogP) is 4.92. The maximum absolute atomic E-state index is 13.2. The summed E-state index contributed by atoms with van der Waals surface area (Å²) in [5.41, 5.74) is 3.93. The van der Waals surface area contributed by atoms with Crippen molar-refractivity contribution in [2.24, 2.45) is 0 Å². The van der Waals surface area contributed by atoms with Gasteiger partial charge in [-0.15, -0.1) is 0 Å². The van der Waals surface area contributed by atoms with Gasteiger partial charge in [-0.1, -0.05) is 18.2 Å². The molecule has 0 radical (unpaired) electrons. The number of benzene rings is 3. The van der Waals surface area contributed by atoms with E-state index in [1.165, 1.54) is 0 Å². The molecule has 3 aromatic carbocycles. The number of ether oxygens (including phenoxy) is 1. The van der Waals surface area contributed by atoms with Gasteiger partial charge in [0, 0.05) is 23.8 Å². The van der Waals surface area contributed by atoms with Crippen LogP contribution in [-0.4, -0.2) is 32.4 Å². The SMILES string of the molecule is COc1ccc(CN(C(=O)c2ccc(NS(=O)(=O)c3ccc(C)c(C)c3)cc2)C2CC2)cc1. The highest BCUT2D eigenvalue weighted by atomic mass is 32.2. The van der Waals surface area contributed by atoms with Gasteiger partial charge in [-0.3, -0.25) is 9.52 Å². The van der Waals surface area contributed by atoms with E-state index in [1.54, 1.807) is 49.6 Å². The monoisotopic (exact) mass is 464 g/mol. The third kappa shape index (κ3) is 5.37. The minimum absolute atomic E-state index is 0.0584. The van der Waals surface area contributed by atoms with E-state index in [-0.39, 0.29) is 16.8 Å². The number of hydrogen-bond donors (Lipinski definition) is 1. The molecule has 3 aromatic rings. The smallest absolute Gasteiger partial charge is 0.261 e. The summed E-state index contributed by atoms with van der Waals surface area (Å²) in [6.07, 6.45) is 1.99. The first kappa shape index (κ1) is 22.9. The molecule has 1 amide bonds. The van der Waals surface area contributed by atoms with Crippen molar-refractivity contribution in [1.82, 2.24) is 4.90 Å². The molecule has 33 heavy (non-hydrogen) atoms. The predicted molar refractivity (Wildman–Crippen MR) is 129 cm³/mol. The van der Waals surface area contributed by atoms with E-state index >= 15 is 0 Å². The van der Waals surface area contributed by atoms with Crippen molar-refractivity contribution in [1.29, 1.82) is 0 Å². The van der Waals surface area contributed by atoms with Gasteiger partial charge < -0.3 is 9.64 Å². The molecule has 0 atom stereocenters. The molecule has 7 heteroatoms. The van der Waals surface area contributed by atoms with E-state index in [4.69, 9.17) is 4.74 Å². The maximum Gasteiger partial charge on any atom is 0.261 e. The lowest BCUT2D eigenvalue weighted by Crippen LogP contribution is -2.32. The van der Waals surface area contributed by atoms with Crippen LogP contribution in [0.3, 0.4) is 0 Å². The lowest BCUT2D eigenvalue weighted by atomic mass is 10.1. The summed E-state index contributed by atoms with van der Waals surface area (Å²) in [6.45, 7) is 4.34.